The van der Waals surface area contributed by atoms with Crippen LogP contribution in [0.15, 0.2) is 53.5 Å². The van der Waals surface area contributed by atoms with E-state index in [4.69, 9.17) is 5.73 Å². The van der Waals surface area contributed by atoms with Crippen molar-refractivity contribution in [2.45, 2.75) is 19.9 Å². The lowest BCUT2D eigenvalue weighted by Gasteiger charge is -2.11. The smallest absolute Gasteiger partial charge is 0.255 e. The van der Waals surface area contributed by atoms with Crippen LogP contribution < -0.4 is 11.3 Å². The van der Waals surface area contributed by atoms with Crippen molar-refractivity contribution >= 4 is 16.6 Å². The molecule has 0 saturated carbocycles. The summed E-state index contributed by atoms with van der Waals surface area (Å²) in [6.07, 6.45) is 1.56. The molecule has 0 unspecified atom stereocenters. The summed E-state index contributed by atoms with van der Waals surface area (Å²) in [5.41, 5.74) is 8.73. The standard InChI is InChI=1S/C19H18N2O2/c1-11-10-13(12(2)20)6-7-14(11)18(22)16-4-3-5-17-15(16)8-9-21-19(17)23/h3-10,12H,20H2,1-2H3,(H,21,23)/t12-/m1/s1. The third kappa shape index (κ3) is 2.69. The Morgan fingerprint density at radius 3 is 2.57 bits per heavy atom. The molecule has 3 rings (SSSR count). The van der Waals surface area contributed by atoms with Gasteiger partial charge in [0.25, 0.3) is 5.56 Å². The average molecular weight is 306 g/mol. The second-order valence-corrected chi connectivity index (χ2v) is 5.77. The predicted octanol–water partition coefficient (Wildman–Crippen LogP) is 3.09. The molecular formula is C19H18N2O2. The zero-order valence-electron chi connectivity index (χ0n) is 13.1. The quantitative estimate of drug-likeness (QED) is 0.730. The largest absolute Gasteiger partial charge is 0.329 e. The highest BCUT2D eigenvalue weighted by atomic mass is 16.1. The number of ketones is 1. The maximum absolute atomic E-state index is 12.9. The van der Waals surface area contributed by atoms with Crippen LogP contribution in [0.2, 0.25) is 0 Å². The minimum absolute atomic E-state index is 0.0750. The maximum Gasteiger partial charge on any atom is 0.255 e. The zero-order chi connectivity index (χ0) is 16.6. The molecule has 0 aliphatic rings. The highest BCUT2D eigenvalue weighted by Gasteiger charge is 2.16. The number of aryl methyl sites for hydroxylation is 1. The van der Waals surface area contributed by atoms with Gasteiger partial charge in [0, 0.05) is 28.8 Å². The minimum Gasteiger partial charge on any atom is -0.329 e. The van der Waals surface area contributed by atoms with E-state index in [1.165, 1.54) is 0 Å². The van der Waals surface area contributed by atoms with Gasteiger partial charge in [0.1, 0.15) is 0 Å². The third-order valence-electron chi connectivity index (χ3n) is 4.08. The fourth-order valence-electron chi connectivity index (χ4n) is 2.79. The number of benzene rings is 2. The molecule has 4 nitrogen and oxygen atoms in total. The van der Waals surface area contributed by atoms with Gasteiger partial charge in [0.2, 0.25) is 0 Å². The number of carbonyl (C=O) groups is 1. The normalized spacial score (nSPS) is 12.3. The first-order chi connectivity index (χ1) is 11.0. The summed E-state index contributed by atoms with van der Waals surface area (Å²) in [6.45, 7) is 3.81. The van der Waals surface area contributed by atoms with Gasteiger partial charge in [-0.15, -0.1) is 0 Å². The summed E-state index contributed by atoms with van der Waals surface area (Å²) in [7, 11) is 0. The molecule has 2 aromatic carbocycles. The van der Waals surface area contributed by atoms with Crippen LogP contribution in [0.1, 0.15) is 40.0 Å². The summed E-state index contributed by atoms with van der Waals surface area (Å²) in [5.74, 6) is -0.0880. The third-order valence-corrected chi connectivity index (χ3v) is 4.08. The molecule has 0 amide bonds. The first-order valence-electron chi connectivity index (χ1n) is 7.50. The fraction of sp³-hybridized carbons (Fsp3) is 0.158. The number of nitrogens with two attached hydrogens (primary N) is 1. The van der Waals surface area contributed by atoms with Gasteiger partial charge in [-0.05, 0) is 42.5 Å². The van der Waals surface area contributed by atoms with Crippen LogP contribution in [-0.2, 0) is 0 Å². The zero-order valence-corrected chi connectivity index (χ0v) is 13.1. The highest BCUT2D eigenvalue weighted by molar-refractivity contribution is 6.16. The number of aromatic amines is 1. The Labute approximate surface area is 134 Å². The lowest BCUT2D eigenvalue weighted by molar-refractivity contribution is 0.103. The van der Waals surface area contributed by atoms with E-state index in [0.717, 1.165) is 11.1 Å². The Hall–Kier alpha value is -2.72. The van der Waals surface area contributed by atoms with E-state index >= 15 is 0 Å². The van der Waals surface area contributed by atoms with E-state index < -0.39 is 0 Å². The van der Waals surface area contributed by atoms with Crippen LogP contribution in [0.25, 0.3) is 10.8 Å². The van der Waals surface area contributed by atoms with Gasteiger partial charge in [-0.2, -0.15) is 0 Å². The van der Waals surface area contributed by atoms with Crippen molar-refractivity contribution in [1.29, 1.82) is 0 Å². The number of hydrogen-bond donors (Lipinski definition) is 2. The maximum atomic E-state index is 12.9. The van der Waals surface area contributed by atoms with Gasteiger partial charge in [0.05, 0.1) is 0 Å². The van der Waals surface area contributed by atoms with Gasteiger partial charge < -0.3 is 10.7 Å². The van der Waals surface area contributed by atoms with Crippen molar-refractivity contribution in [1.82, 2.24) is 4.98 Å². The number of carbonyl (C=O) groups excluding carboxylic acids is 1. The van der Waals surface area contributed by atoms with Crippen LogP contribution in [0.3, 0.4) is 0 Å². The van der Waals surface area contributed by atoms with Crippen LogP contribution in [-0.4, -0.2) is 10.8 Å². The molecule has 0 aliphatic carbocycles. The first-order valence-corrected chi connectivity index (χ1v) is 7.50. The topological polar surface area (TPSA) is 76.0 Å². The minimum atomic E-state index is -0.193. The number of pyridine rings is 1. The van der Waals surface area contributed by atoms with E-state index in [9.17, 15) is 9.59 Å². The van der Waals surface area contributed by atoms with E-state index in [-0.39, 0.29) is 17.4 Å². The second-order valence-electron chi connectivity index (χ2n) is 5.77. The Kier molecular flexibility index (Phi) is 3.84. The van der Waals surface area contributed by atoms with Crippen LogP contribution in [0.4, 0.5) is 0 Å². The molecule has 23 heavy (non-hydrogen) atoms. The number of rotatable bonds is 3. The number of aromatic nitrogens is 1. The van der Waals surface area contributed by atoms with E-state index in [1.54, 1.807) is 30.5 Å². The summed E-state index contributed by atoms with van der Waals surface area (Å²) < 4.78 is 0. The van der Waals surface area contributed by atoms with Crippen LogP contribution in [0.5, 0.6) is 0 Å². The fourth-order valence-corrected chi connectivity index (χ4v) is 2.79. The molecule has 0 spiro atoms. The van der Waals surface area contributed by atoms with Crippen LogP contribution >= 0.6 is 0 Å². The molecule has 1 atom stereocenters. The van der Waals surface area contributed by atoms with Crippen molar-refractivity contribution in [3.63, 3.8) is 0 Å². The lowest BCUT2D eigenvalue weighted by atomic mass is 9.93. The van der Waals surface area contributed by atoms with Gasteiger partial charge in [-0.3, -0.25) is 9.59 Å². The van der Waals surface area contributed by atoms with E-state index in [2.05, 4.69) is 4.98 Å². The molecule has 0 fully saturated rings. The monoisotopic (exact) mass is 306 g/mol. The van der Waals surface area contributed by atoms with Gasteiger partial charge in [0.15, 0.2) is 5.78 Å². The highest BCUT2D eigenvalue weighted by Crippen LogP contribution is 2.22. The molecule has 1 heterocycles. The molecule has 3 N–H and O–H groups in total. The number of fused-ring (bicyclic) bond motifs is 1. The molecule has 4 heteroatoms. The SMILES string of the molecule is Cc1cc([C@@H](C)N)ccc1C(=O)c1cccc2c(=O)[nH]ccc12. The molecule has 1 aromatic heterocycles. The Balaban J connectivity index is 2.15. The van der Waals surface area contributed by atoms with Crippen LogP contribution in [0, 0.1) is 6.92 Å². The molecule has 0 radical (unpaired) electrons. The molecule has 0 aliphatic heterocycles. The summed E-state index contributed by atoms with van der Waals surface area (Å²) in [6, 6.07) is 12.5. The van der Waals surface area contributed by atoms with Gasteiger partial charge in [-0.25, -0.2) is 0 Å². The Morgan fingerprint density at radius 1 is 1.09 bits per heavy atom. The molecule has 3 aromatic rings. The van der Waals surface area contributed by atoms with E-state index in [0.29, 0.717) is 21.9 Å². The molecule has 116 valence electrons. The first kappa shape index (κ1) is 15.2. The van der Waals surface area contributed by atoms with Crippen molar-refractivity contribution in [2.24, 2.45) is 5.73 Å². The van der Waals surface area contributed by atoms with Crippen molar-refractivity contribution in [2.75, 3.05) is 0 Å². The van der Waals surface area contributed by atoms with Crippen molar-refractivity contribution < 1.29 is 4.79 Å². The number of hydrogen-bond acceptors (Lipinski definition) is 3. The Morgan fingerprint density at radius 2 is 1.87 bits per heavy atom. The Bertz CT molecular complexity index is 955. The average Bonchev–Trinajstić information content (AvgIpc) is 2.54. The van der Waals surface area contributed by atoms with Gasteiger partial charge in [-0.1, -0.05) is 30.3 Å². The predicted molar refractivity (Wildman–Crippen MR) is 91.8 cm³/mol. The van der Waals surface area contributed by atoms with Crippen molar-refractivity contribution in [3.05, 3.63) is 81.3 Å². The van der Waals surface area contributed by atoms with Crippen molar-refractivity contribution in [3.8, 4) is 0 Å². The second kappa shape index (κ2) is 5.82. The van der Waals surface area contributed by atoms with E-state index in [1.807, 2.05) is 32.0 Å². The number of H-pyrrole nitrogens is 1. The lowest BCUT2D eigenvalue weighted by Crippen LogP contribution is -2.10. The molecule has 0 saturated heterocycles. The summed E-state index contributed by atoms with van der Waals surface area (Å²) in [4.78, 5) is 27.5. The molecular weight excluding hydrogens is 288 g/mol. The summed E-state index contributed by atoms with van der Waals surface area (Å²) in [5, 5.41) is 1.18. The summed E-state index contributed by atoms with van der Waals surface area (Å²) >= 11 is 0. The van der Waals surface area contributed by atoms with Gasteiger partial charge >= 0.3 is 0 Å². The number of nitrogens with one attached hydrogen (secondary N) is 1. The molecule has 0 bridgehead atoms.